The minimum atomic E-state index is -1.36. The predicted molar refractivity (Wildman–Crippen MR) is 101 cm³/mol. The SMILES string of the molecule is CC(C(=O)O)(c1ccccc1)n1cc2c(ccn3nc(-c4ccco4)nc23)n1. The summed E-state index contributed by atoms with van der Waals surface area (Å²) in [7, 11) is 0. The van der Waals surface area contributed by atoms with Crippen LogP contribution in [0.4, 0.5) is 0 Å². The number of aromatic nitrogens is 5. The number of hydrogen-bond donors (Lipinski definition) is 1. The van der Waals surface area contributed by atoms with Crippen molar-refractivity contribution in [1.29, 1.82) is 0 Å². The summed E-state index contributed by atoms with van der Waals surface area (Å²) in [6.45, 7) is 1.63. The number of nitrogens with zero attached hydrogens (tertiary/aromatic N) is 5. The predicted octanol–water partition coefficient (Wildman–Crippen LogP) is 3.19. The second-order valence-corrected chi connectivity index (χ2v) is 6.61. The number of carboxylic acid groups (broad SMARTS) is 1. The summed E-state index contributed by atoms with van der Waals surface area (Å²) in [6.07, 6.45) is 5.01. The Morgan fingerprint density at radius 2 is 1.93 bits per heavy atom. The molecule has 1 aromatic carbocycles. The fourth-order valence-corrected chi connectivity index (χ4v) is 3.29. The molecule has 0 spiro atoms. The molecule has 5 aromatic rings. The minimum Gasteiger partial charge on any atom is -0.479 e. The van der Waals surface area contributed by atoms with Crippen molar-refractivity contribution in [3.05, 3.63) is 72.8 Å². The summed E-state index contributed by atoms with van der Waals surface area (Å²) in [6, 6.07) is 14.4. The lowest BCUT2D eigenvalue weighted by Gasteiger charge is -2.25. The molecule has 138 valence electrons. The van der Waals surface area contributed by atoms with E-state index >= 15 is 0 Å². The van der Waals surface area contributed by atoms with Crippen LogP contribution in [-0.4, -0.2) is 35.5 Å². The average Bonchev–Trinajstić information content (AvgIpc) is 3.45. The topological polar surface area (TPSA) is 98.5 Å². The van der Waals surface area contributed by atoms with Crippen molar-refractivity contribution in [3.8, 4) is 11.6 Å². The van der Waals surface area contributed by atoms with Crippen LogP contribution in [0, 0.1) is 0 Å². The van der Waals surface area contributed by atoms with Gasteiger partial charge in [-0.25, -0.2) is 19.0 Å². The van der Waals surface area contributed by atoms with Gasteiger partial charge in [0.2, 0.25) is 5.82 Å². The first-order valence-corrected chi connectivity index (χ1v) is 8.65. The standard InChI is InChI=1S/C20H15N5O3/c1-20(19(26)27,13-6-3-2-4-7-13)25-12-14-15(22-25)9-10-24-18(14)21-17(23-24)16-8-5-11-28-16/h2-12H,1H3,(H,26,27). The molecule has 28 heavy (non-hydrogen) atoms. The number of fused-ring (bicyclic) bond motifs is 3. The Kier molecular flexibility index (Phi) is 3.35. The Morgan fingerprint density at radius 3 is 2.64 bits per heavy atom. The number of aliphatic carboxylic acids is 1. The minimum absolute atomic E-state index is 0.453. The van der Waals surface area contributed by atoms with Gasteiger partial charge in [-0.15, -0.1) is 5.10 Å². The highest BCUT2D eigenvalue weighted by Gasteiger charge is 2.38. The molecule has 0 bridgehead atoms. The fraction of sp³-hybridized carbons (Fsp3) is 0.100. The van der Waals surface area contributed by atoms with Gasteiger partial charge in [0.15, 0.2) is 16.9 Å². The Labute approximate surface area is 158 Å². The van der Waals surface area contributed by atoms with Crippen LogP contribution >= 0.6 is 0 Å². The number of rotatable bonds is 4. The molecular weight excluding hydrogens is 358 g/mol. The Bertz CT molecular complexity index is 1300. The van der Waals surface area contributed by atoms with Crippen LogP contribution in [0.5, 0.6) is 0 Å². The third kappa shape index (κ3) is 2.24. The molecule has 1 atom stereocenters. The van der Waals surface area contributed by atoms with E-state index in [4.69, 9.17) is 4.42 Å². The molecule has 0 aliphatic carbocycles. The number of carboxylic acids is 1. The highest BCUT2D eigenvalue weighted by Crippen LogP contribution is 2.29. The monoisotopic (exact) mass is 373 g/mol. The van der Waals surface area contributed by atoms with Gasteiger partial charge in [-0.2, -0.15) is 5.10 Å². The van der Waals surface area contributed by atoms with Crippen molar-refractivity contribution in [2.24, 2.45) is 0 Å². The van der Waals surface area contributed by atoms with Crippen LogP contribution in [-0.2, 0) is 10.3 Å². The number of hydrogen-bond acceptors (Lipinski definition) is 5. The molecule has 0 fully saturated rings. The van der Waals surface area contributed by atoms with Gasteiger partial charge in [0, 0.05) is 12.4 Å². The third-order valence-corrected chi connectivity index (χ3v) is 4.94. The maximum absolute atomic E-state index is 12.2. The van der Waals surface area contributed by atoms with Crippen LogP contribution in [0.1, 0.15) is 12.5 Å². The Balaban J connectivity index is 1.73. The van der Waals surface area contributed by atoms with Crippen LogP contribution in [0.15, 0.2) is 71.6 Å². The number of furan rings is 1. The van der Waals surface area contributed by atoms with E-state index in [9.17, 15) is 9.90 Å². The highest BCUT2D eigenvalue weighted by molar-refractivity contribution is 5.92. The van der Waals surface area contributed by atoms with Crippen molar-refractivity contribution in [1.82, 2.24) is 24.4 Å². The molecule has 4 aromatic heterocycles. The van der Waals surface area contributed by atoms with E-state index < -0.39 is 11.5 Å². The van der Waals surface area contributed by atoms with Gasteiger partial charge in [0.1, 0.15) is 0 Å². The van der Waals surface area contributed by atoms with E-state index in [1.807, 2.05) is 18.2 Å². The van der Waals surface area contributed by atoms with Gasteiger partial charge >= 0.3 is 5.97 Å². The number of pyridine rings is 1. The third-order valence-electron chi connectivity index (χ3n) is 4.94. The van der Waals surface area contributed by atoms with Crippen molar-refractivity contribution in [2.45, 2.75) is 12.5 Å². The van der Waals surface area contributed by atoms with E-state index in [0.717, 1.165) is 0 Å². The van der Waals surface area contributed by atoms with Gasteiger partial charge in [0.25, 0.3) is 0 Å². The molecule has 1 unspecified atom stereocenters. The van der Waals surface area contributed by atoms with Gasteiger partial charge < -0.3 is 9.52 Å². The molecule has 1 N–H and O–H groups in total. The molecular formula is C20H15N5O3. The maximum atomic E-state index is 12.2. The summed E-state index contributed by atoms with van der Waals surface area (Å²) >= 11 is 0. The zero-order valence-corrected chi connectivity index (χ0v) is 14.9. The largest absolute Gasteiger partial charge is 0.479 e. The summed E-state index contributed by atoms with van der Waals surface area (Å²) < 4.78 is 8.47. The molecule has 0 aliphatic rings. The molecule has 0 amide bonds. The van der Waals surface area contributed by atoms with E-state index in [2.05, 4.69) is 15.2 Å². The van der Waals surface area contributed by atoms with Crippen molar-refractivity contribution >= 4 is 22.5 Å². The molecule has 8 nitrogen and oxygen atoms in total. The summed E-state index contributed by atoms with van der Waals surface area (Å²) in [5.74, 6) is 0.0125. The second kappa shape index (κ2) is 5.78. The zero-order valence-electron chi connectivity index (χ0n) is 14.9. The van der Waals surface area contributed by atoms with Crippen LogP contribution in [0.2, 0.25) is 0 Å². The molecule has 4 heterocycles. The molecule has 8 heteroatoms. The van der Waals surface area contributed by atoms with Gasteiger partial charge in [-0.3, -0.25) is 0 Å². The summed E-state index contributed by atoms with van der Waals surface area (Å²) in [4.78, 5) is 16.8. The Morgan fingerprint density at radius 1 is 1.11 bits per heavy atom. The second-order valence-electron chi connectivity index (χ2n) is 6.61. The number of carbonyl (C=O) groups is 1. The van der Waals surface area contributed by atoms with E-state index in [0.29, 0.717) is 33.7 Å². The van der Waals surface area contributed by atoms with Crippen molar-refractivity contribution < 1.29 is 14.3 Å². The average molecular weight is 373 g/mol. The van der Waals surface area contributed by atoms with Gasteiger partial charge in [0.05, 0.1) is 17.2 Å². The van der Waals surface area contributed by atoms with Crippen LogP contribution < -0.4 is 0 Å². The van der Waals surface area contributed by atoms with Crippen LogP contribution in [0.25, 0.3) is 28.1 Å². The molecule has 0 aliphatic heterocycles. The zero-order chi connectivity index (χ0) is 19.3. The van der Waals surface area contributed by atoms with Gasteiger partial charge in [-0.1, -0.05) is 30.3 Å². The molecule has 5 rings (SSSR count). The van der Waals surface area contributed by atoms with E-state index in [1.54, 1.807) is 60.4 Å². The lowest BCUT2D eigenvalue weighted by atomic mass is 9.92. The first-order valence-electron chi connectivity index (χ1n) is 8.65. The fourth-order valence-electron chi connectivity index (χ4n) is 3.29. The van der Waals surface area contributed by atoms with Crippen molar-refractivity contribution in [2.75, 3.05) is 0 Å². The highest BCUT2D eigenvalue weighted by atomic mass is 16.4. The first-order chi connectivity index (χ1) is 13.6. The maximum Gasteiger partial charge on any atom is 0.336 e. The lowest BCUT2D eigenvalue weighted by Crippen LogP contribution is -2.40. The summed E-state index contributed by atoms with van der Waals surface area (Å²) in [5, 5.41) is 19.7. The van der Waals surface area contributed by atoms with Crippen LogP contribution in [0.3, 0.4) is 0 Å². The van der Waals surface area contributed by atoms with E-state index in [1.165, 1.54) is 4.68 Å². The van der Waals surface area contributed by atoms with E-state index in [-0.39, 0.29) is 0 Å². The quantitative estimate of drug-likeness (QED) is 0.519. The first kappa shape index (κ1) is 16.2. The normalized spacial score (nSPS) is 13.8. The lowest BCUT2D eigenvalue weighted by molar-refractivity contribution is -0.144. The summed E-state index contributed by atoms with van der Waals surface area (Å²) in [5.41, 5.74) is 0.482. The molecule has 0 saturated carbocycles. The number of benzene rings is 1. The molecule has 0 saturated heterocycles. The molecule has 0 radical (unpaired) electrons. The smallest absolute Gasteiger partial charge is 0.336 e. The van der Waals surface area contributed by atoms with Crippen molar-refractivity contribution in [3.63, 3.8) is 0 Å². The van der Waals surface area contributed by atoms with Gasteiger partial charge in [-0.05, 0) is 30.7 Å². The Hall–Kier alpha value is -3.94.